The first-order valence-electron chi connectivity index (χ1n) is 13.1. The molecule has 2 amide bonds. The smallest absolute Gasteiger partial charge is 0.390 e. The van der Waals surface area contributed by atoms with Gasteiger partial charge in [0.25, 0.3) is 0 Å². The Morgan fingerprint density at radius 1 is 1.18 bits per heavy atom. The van der Waals surface area contributed by atoms with Crippen molar-refractivity contribution in [2.75, 3.05) is 67.7 Å². The maximum atomic E-state index is 13.9. The number of pyridine rings is 1. The normalized spacial score (nSPS) is 23.1. The second-order valence-electron chi connectivity index (χ2n) is 10.5. The molecule has 3 aliphatic rings. The number of ether oxygens (including phenoxy) is 1. The minimum absolute atomic E-state index is 0.0724. The molecule has 9 nitrogen and oxygen atoms in total. The van der Waals surface area contributed by atoms with Crippen LogP contribution in [0.1, 0.15) is 17.7 Å². The Kier molecular flexibility index (Phi) is 7.97. The van der Waals surface area contributed by atoms with E-state index in [9.17, 15) is 27.9 Å². The topological polar surface area (TPSA) is 89.5 Å². The van der Waals surface area contributed by atoms with E-state index in [1.165, 1.54) is 11.8 Å². The van der Waals surface area contributed by atoms with Crippen molar-refractivity contribution in [1.29, 1.82) is 0 Å². The van der Waals surface area contributed by atoms with E-state index in [-0.39, 0.29) is 31.0 Å². The summed E-state index contributed by atoms with van der Waals surface area (Å²) in [6.07, 6.45) is -5.49. The van der Waals surface area contributed by atoms with E-state index >= 15 is 0 Å². The van der Waals surface area contributed by atoms with Gasteiger partial charge in [0, 0.05) is 57.8 Å². The van der Waals surface area contributed by atoms with Gasteiger partial charge in [-0.25, -0.2) is 4.98 Å². The molecule has 13 heteroatoms. The molecule has 2 fully saturated rings. The van der Waals surface area contributed by atoms with Gasteiger partial charge in [0.1, 0.15) is 11.9 Å². The fourth-order valence-corrected chi connectivity index (χ4v) is 6.11. The molecule has 1 aromatic heterocycles. The number of halogens is 4. The highest BCUT2D eigenvalue weighted by atomic mass is 35.5. The summed E-state index contributed by atoms with van der Waals surface area (Å²) < 4.78 is 46.2. The number of aryl methyl sites for hydroxylation is 1. The van der Waals surface area contributed by atoms with Crippen LogP contribution >= 0.6 is 11.6 Å². The molecule has 4 heterocycles. The minimum Gasteiger partial charge on any atom is -0.390 e. The number of carbonyl (C=O) groups excluding carboxylic acids is 2. The number of morpholine rings is 1. The van der Waals surface area contributed by atoms with Gasteiger partial charge in [-0.15, -0.1) is 0 Å². The van der Waals surface area contributed by atoms with Crippen LogP contribution in [-0.2, 0) is 20.5 Å². The number of para-hydroxylation sites is 1. The molecule has 0 saturated carbocycles. The standard InChI is InChI=1S/C27H31ClF3N5O4/c1-16-10-18(27(29,30)31)12-22(32-16)36-23(38)11-17-13-35(15-19(37)14-34-6-8-40-9-7-34)25-20(28)4-3-5-21(25)33(2)26(39)24(17)36/h3-5,10,12,17,19,24,37H,6-9,11,13-15H2,1-2H3/t17-,19-,24+/m1/s1. The SMILES string of the molecule is Cc1cc(C(F)(F)F)cc(N2C(=O)C[C@@H]3CN(C[C@H](O)CN4CCOCC4)c4c(Cl)cccc4N(C)C(=O)[C@H]32)n1. The maximum absolute atomic E-state index is 13.9. The van der Waals surface area contributed by atoms with Crippen molar-refractivity contribution in [3.63, 3.8) is 0 Å². The molecule has 3 atom stereocenters. The summed E-state index contributed by atoms with van der Waals surface area (Å²) in [6.45, 7) is 4.74. The summed E-state index contributed by atoms with van der Waals surface area (Å²) in [5.74, 6) is -1.74. The molecule has 2 aromatic rings. The third-order valence-electron chi connectivity index (χ3n) is 7.63. The van der Waals surface area contributed by atoms with Crippen LogP contribution in [-0.4, -0.2) is 91.9 Å². The number of hydrogen-bond donors (Lipinski definition) is 1. The molecule has 0 unspecified atom stereocenters. The second kappa shape index (κ2) is 11.2. The first-order valence-corrected chi connectivity index (χ1v) is 13.5. The Bertz CT molecular complexity index is 1290. The van der Waals surface area contributed by atoms with Gasteiger partial charge in [-0.3, -0.25) is 19.4 Å². The van der Waals surface area contributed by atoms with Crippen molar-refractivity contribution >= 4 is 40.6 Å². The van der Waals surface area contributed by atoms with Crippen LogP contribution < -0.4 is 14.7 Å². The average Bonchev–Trinajstić information content (AvgIpc) is 3.21. The maximum Gasteiger partial charge on any atom is 0.416 e. The molecule has 5 rings (SSSR count). The van der Waals surface area contributed by atoms with Crippen molar-refractivity contribution in [2.45, 2.75) is 31.7 Å². The first kappa shape index (κ1) is 28.6. The zero-order chi connectivity index (χ0) is 28.8. The fourth-order valence-electron chi connectivity index (χ4n) is 5.82. The molecule has 3 aliphatic heterocycles. The van der Waals surface area contributed by atoms with Crippen LogP contribution in [0.4, 0.5) is 30.4 Å². The Hall–Kier alpha value is -2.93. The third kappa shape index (κ3) is 5.63. The summed E-state index contributed by atoms with van der Waals surface area (Å²) in [5, 5.41) is 11.4. The van der Waals surface area contributed by atoms with Gasteiger partial charge < -0.3 is 19.6 Å². The molecule has 40 heavy (non-hydrogen) atoms. The van der Waals surface area contributed by atoms with E-state index in [1.807, 2.05) is 4.90 Å². The summed E-state index contributed by atoms with van der Waals surface area (Å²) in [5.41, 5.74) is 0.168. The summed E-state index contributed by atoms with van der Waals surface area (Å²) in [4.78, 5) is 37.9. The van der Waals surface area contributed by atoms with E-state index in [1.54, 1.807) is 25.2 Å². The Balaban J connectivity index is 1.52. The lowest BCUT2D eigenvalue weighted by molar-refractivity contribution is -0.137. The number of benzene rings is 1. The summed E-state index contributed by atoms with van der Waals surface area (Å²) >= 11 is 6.64. The minimum atomic E-state index is -4.64. The monoisotopic (exact) mass is 581 g/mol. The van der Waals surface area contributed by atoms with Crippen LogP contribution in [0.5, 0.6) is 0 Å². The highest BCUT2D eigenvalue weighted by Gasteiger charge is 2.49. The zero-order valence-corrected chi connectivity index (χ0v) is 23.0. The van der Waals surface area contributed by atoms with Crippen LogP contribution in [0.2, 0.25) is 5.02 Å². The van der Waals surface area contributed by atoms with Crippen LogP contribution in [0, 0.1) is 12.8 Å². The van der Waals surface area contributed by atoms with Gasteiger partial charge in [-0.2, -0.15) is 13.2 Å². The van der Waals surface area contributed by atoms with E-state index in [2.05, 4.69) is 9.88 Å². The molecule has 1 N–H and O–H groups in total. The summed E-state index contributed by atoms with van der Waals surface area (Å²) in [6, 6.07) is 5.74. The van der Waals surface area contributed by atoms with E-state index < -0.39 is 41.6 Å². The van der Waals surface area contributed by atoms with Gasteiger partial charge >= 0.3 is 6.18 Å². The predicted octanol–water partition coefficient (Wildman–Crippen LogP) is 2.96. The van der Waals surface area contributed by atoms with E-state index in [0.29, 0.717) is 49.2 Å². The molecule has 2 saturated heterocycles. The zero-order valence-electron chi connectivity index (χ0n) is 22.2. The van der Waals surface area contributed by atoms with E-state index in [4.69, 9.17) is 16.3 Å². The van der Waals surface area contributed by atoms with Gasteiger partial charge in [0.15, 0.2) is 0 Å². The number of β-amino-alcohol motifs (C(OH)–C–C–N with tert-alkyl or cyclic N) is 1. The number of alkyl halides is 3. The van der Waals surface area contributed by atoms with Crippen molar-refractivity contribution in [3.05, 3.63) is 46.6 Å². The predicted molar refractivity (Wildman–Crippen MR) is 144 cm³/mol. The number of aliphatic hydroxyl groups is 1. The number of aromatic nitrogens is 1. The lowest BCUT2D eigenvalue weighted by atomic mass is 9.95. The van der Waals surface area contributed by atoms with Gasteiger partial charge in [0.05, 0.1) is 41.3 Å². The molecule has 0 spiro atoms. The molecule has 216 valence electrons. The quantitative estimate of drug-likeness (QED) is 0.581. The molecular weight excluding hydrogens is 551 g/mol. The number of nitrogens with zero attached hydrogens (tertiary/aromatic N) is 5. The number of fused-ring (bicyclic) bond motifs is 2. The number of carbonyl (C=O) groups is 2. The molecule has 1 aromatic carbocycles. The van der Waals surface area contributed by atoms with Crippen molar-refractivity contribution in [2.24, 2.45) is 5.92 Å². The number of hydrogen-bond acceptors (Lipinski definition) is 7. The summed E-state index contributed by atoms with van der Waals surface area (Å²) in [7, 11) is 1.55. The Morgan fingerprint density at radius 2 is 1.90 bits per heavy atom. The number of likely N-dealkylation sites (N-methyl/N-ethyl adjacent to an activating group) is 1. The van der Waals surface area contributed by atoms with Crippen molar-refractivity contribution < 1.29 is 32.6 Å². The average molecular weight is 582 g/mol. The number of aliphatic hydroxyl groups excluding tert-OH is 1. The molecule has 0 aliphatic carbocycles. The molecule has 0 radical (unpaired) electrons. The van der Waals surface area contributed by atoms with Gasteiger partial charge in [-0.1, -0.05) is 17.7 Å². The Morgan fingerprint density at radius 3 is 2.60 bits per heavy atom. The third-order valence-corrected chi connectivity index (χ3v) is 7.93. The highest BCUT2D eigenvalue weighted by molar-refractivity contribution is 6.34. The largest absolute Gasteiger partial charge is 0.416 e. The first-order chi connectivity index (χ1) is 18.9. The van der Waals surface area contributed by atoms with Crippen LogP contribution in [0.15, 0.2) is 30.3 Å². The Labute approximate surface area is 235 Å². The van der Waals surface area contributed by atoms with E-state index in [0.717, 1.165) is 17.0 Å². The van der Waals surface area contributed by atoms with Gasteiger partial charge in [0.2, 0.25) is 11.8 Å². The van der Waals surface area contributed by atoms with Crippen molar-refractivity contribution in [1.82, 2.24) is 9.88 Å². The fraction of sp³-hybridized carbons (Fsp3) is 0.519. The highest BCUT2D eigenvalue weighted by Crippen LogP contribution is 2.43. The van der Waals surface area contributed by atoms with Crippen molar-refractivity contribution in [3.8, 4) is 0 Å². The van der Waals surface area contributed by atoms with Crippen LogP contribution in [0.3, 0.4) is 0 Å². The number of anilines is 3. The number of amides is 2. The lowest BCUT2D eigenvalue weighted by Crippen LogP contribution is -2.53. The lowest BCUT2D eigenvalue weighted by Gasteiger charge is -2.40. The van der Waals surface area contributed by atoms with Gasteiger partial charge in [-0.05, 0) is 31.2 Å². The molecule has 0 bridgehead atoms. The second-order valence-corrected chi connectivity index (χ2v) is 10.9. The van der Waals surface area contributed by atoms with Crippen LogP contribution in [0.25, 0.3) is 0 Å². The molecular formula is C27H31ClF3N5O4. The number of rotatable bonds is 5.